The van der Waals surface area contributed by atoms with Gasteiger partial charge in [-0.15, -0.1) is 0 Å². The Labute approximate surface area is 156 Å². The molecule has 25 heavy (non-hydrogen) atoms. The smallest absolute Gasteiger partial charge is 0.138 e. The van der Waals surface area contributed by atoms with Gasteiger partial charge in [-0.05, 0) is 64.0 Å². The van der Waals surface area contributed by atoms with Crippen LogP contribution in [-0.2, 0) is 6.54 Å². The van der Waals surface area contributed by atoms with Gasteiger partial charge in [0.1, 0.15) is 11.9 Å². The number of unbranched alkanes of at least 4 members (excludes halogenated alkanes) is 2. The van der Waals surface area contributed by atoms with Crippen LogP contribution in [0.15, 0.2) is 18.2 Å². The molecule has 0 saturated heterocycles. The van der Waals surface area contributed by atoms with Crippen molar-refractivity contribution in [3.05, 3.63) is 29.0 Å². The number of aromatic nitrogens is 2. The van der Waals surface area contributed by atoms with Crippen molar-refractivity contribution in [3.63, 3.8) is 0 Å². The third-order valence-corrected chi connectivity index (χ3v) is 4.86. The van der Waals surface area contributed by atoms with Crippen LogP contribution in [0.4, 0.5) is 0 Å². The molecule has 1 atom stereocenters. The molecule has 5 heteroatoms. The van der Waals surface area contributed by atoms with Crippen LogP contribution >= 0.6 is 11.6 Å². The van der Waals surface area contributed by atoms with Gasteiger partial charge in [0.15, 0.2) is 0 Å². The van der Waals surface area contributed by atoms with Gasteiger partial charge in [0.2, 0.25) is 0 Å². The van der Waals surface area contributed by atoms with Gasteiger partial charge in [0, 0.05) is 11.6 Å². The standard InChI is InChI=1S/C20H32ClN3O/c1-4-6-11-23(12-7-5-2)13-8-14-24-19-10-9-17(21)15-18(19)22-20(24)16(3)25/h9-10,15-16,25H,4-8,11-14H2,1-3H3. The van der Waals surface area contributed by atoms with Crippen molar-refractivity contribution in [3.8, 4) is 0 Å². The maximum absolute atomic E-state index is 10.1. The second-order valence-corrected chi connectivity index (χ2v) is 7.27. The van der Waals surface area contributed by atoms with Crippen LogP contribution in [-0.4, -0.2) is 39.2 Å². The lowest BCUT2D eigenvalue weighted by molar-refractivity contribution is 0.183. The van der Waals surface area contributed by atoms with Crippen LogP contribution in [0.1, 0.15) is 64.8 Å². The summed E-state index contributed by atoms with van der Waals surface area (Å²) in [4.78, 5) is 7.16. The monoisotopic (exact) mass is 365 g/mol. The van der Waals surface area contributed by atoms with Crippen LogP contribution in [0.3, 0.4) is 0 Å². The molecule has 1 N–H and O–H groups in total. The summed E-state index contributed by atoms with van der Waals surface area (Å²) < 4.78 is 2.15. The first-order valence-electron chi connectivity index (χ1n) is 9.62. The van der Waals surface area contributed by atoms with E-state index < -0.39 is 6.10 Å². The van der Waals surface area contributed by atoms with Crippen LogP contribution in [0.5, 0.6) is 0 Å². The van der Waals surface area contributed by atoms with Crippen LogP contribution in [0, 0.1) is 0 Å². The van der Waals surface area contributed by atoms with Crippen molar-refractivity contribution in [2.24, 2.45) is 0 Å². The summed E-state index contributed by atoms with van der Waals surface area (Å²) in [6, 6.07) is 5.76. The minimum absolute atomic E-state index is 0.581. The average Bonchev–Trinajstić information content (AvgIpc) is 2.94. The van der Waals surface area contributed by atoms with Crippen molar-refractivity contribution < 1.29 is 5.11 Å². The highest BCUT2D eigenvalue weighted by atomic mass is 35.5. The molecule has 1 heterocycles. The Bertz CT molecular complexity index is 646. The molecule has 2 rings (SSSR count). The van der Waals surface area contributed by atoms with E-state index in [0.29, 0.717) is 5.02 Å². The summed E-state index contributed by atoms with van der Waals surface area (Å²) in [6.07, 6.45) is 5.47. The fourth-order valence-corrected chi connectivity index (χ4v) is 3.39. The number of nitrogens with zero attached hydrogens (tertiary/aromatic N) is 3. The Hall–Kier alpha value is -1.10. The summed E-state index contributed by atoms with van der Waals surface area (Å²) in [5.41, 5.74) is 1.91. The van der Waals surface area contributed by atoms with Crippen molar-refractivity contribution in [2.75, 3.05) is 19.6 Å². The molecular weight excluding hydrogens is 334 g/mol. The zero-order chi connectivity index (χ0) is 18.2. The molecule has 4 nitrogen and oxygen atoms in total. The molecule has 1 unspecified atom stereocenters. The van der Waals surface area contributed by atoms with Gasteiger partial charge in [0.25, 0.3) is 0 Å². The Morgan fingerprint density at radius 1 is 1.12 bits per heavy atom. The number of hydrogen-bond acceptors (Lipinski definition) is 3. The molecule has 0 aliphatic heterocycles. The van der Waals surface area contributed by atoms with E-state index in [2.05, 4.69) is 28.3 Å². The lowest BCUT2D eigenvalue weighted by Crippen LogP contribution is -2.28. The third-order valence-electron chi connectivity index (χ3n) is 4.63. The number of aryl methyl sites for hydroxylation is 1. The minimum atomic E-state index is -0.581. The summed E-state index contributed by atoms with van der Waals surface area (Å²) in [5, 5.41) is 10.8. The minimum Gasteiger partial charge on any atom is -0.385 e. The highest BCUT2D eigenvalue weighted by Crippen LogP contribution is 2.24. The van der Waals surface area contributed by atoms with E-state index in [-0.39, 0.29) is 0 Å². The molecule has 0 fully saturated rings. The van der Waals surface area contributed by atoms with E-state index in [1.54, 1.807) is 6.92 Å². The molecule has 1 aromatic heterocycles. The van der Waals surface area contributed by atoms with Gasteiger partial charge in [0.05, 0.1) is 11.0 Å². The zero-order valence-electron chi connectivity index (χ0n) is 15.8. The predicted molar refractivity (Wildman–Crippen MR) is 106 cm³/mol. The van der Waals surface area contributed by atoms with Crippen molar-refractivity contribution in [2.45, 2.75) is 65.5 Å². The first-order valence-corrected chi connectivity index (χ1v) is 10.0. The molecule has 0 bridgehead atoms. The second-order valence-electron chi connectivity index (χ2n) is 6.83. The first kappa shape index (κ1) is 20.2. The normalized spacial score (nSPS) is 13.0. The number of aliphatic hydroxyl groups excluding tert-OH is 1. The summed E-state index contributed by atoms with van der Waals surface area (Å²) in [6.45, 7) is 10.6. The molecule has 0 aliphatic carbocycles. The van der Waals surface area contributed by atoms with Gasteiger partial charge in [-0.3, -0.25) is 0 Å². The predicted octanol–water partition coefficient (Wildman–Crippen LogP) is 5.04. The van der Waals surface area contributed by atoms with E-state index in [9.17, 15) is 5.11 Å². The molecule has 0 radical (unpaired) electrons. The van der Waals surface area contributed by atoms with Crippen LogP contribution in [0.25, 0.3) is 11.0 Å². The van der Waals surface area contributed by atoms with E-state index in [4.69, 9.17) is 11.6 Å². The Morgan fingerprint density at radius 2 is 1.76 bits per heavy atom. The maximum atomic E-state index is 10.1. The lowest BCUT2D eigenvalue weighted by Gasteiger charge is -2.22. The maximum Gasteiger partial charge on any atom is 0.138 e. The number of aliphatic hydroxyl groups is 1. The SMILES string of the molecule is CCCCN(CCCC)CCCn1c(C(C)O)nc2cc(Cl)ccc21. The van der Waals surface area contributed by atoms with Crippen molar-refractivity contribution in [1.82, 2.24) is 14.5 Å². The van der Waals surface area contributed by atoms with Gasteiger partial charge in [-0.1, -0.05) is 38.3 Å². The molecule has 0 aliphatic rings. The van der Waals surface area contributed by atoms with E-state index in [1.807, 2.05) is 18.2 Å². The van der Waals surface area contributed by atoms with Gasteiger partial charge >= 0.3 is 0 Å². The van der Waals surface area contributed by atoms with E-state index in [1.165, 1.54) is 38.8 Å². The third kappa shape index (κ3) is 5.70. The van der Waals surface area contributed by atoms with Crippen molar-refractivity contribution >= 4 is 22.6 Å². The van der Waals surface area contributed by atoms with E-state index in [0.717, 1.165) is 36.4 Å². The van der Waals surface area contributed by atoms with Gasteiger partial charge in [-0.2, -0.15) is 0 Å². The second kappa shape index (κ2) is 10.1. The fourth-order valence-electron chi connectivity index (χ4n) is 3.23. The Balaban J connectivity index is 2.06. The largest absolute Gasteiger partial charge is 0.385 e. The number of imidazole rings is 1. The molecule has 0 spiro atoms. The van der Waals surface area contributed by atoms with E-state index >= 15 is 0 Å². The summed E-state index contributed by atoms with van der Waals surface area (Å²) in [7, 11) is 0. The molecule has 140 valence electrons. The lowest BCUT2D eigenvalue weighted by atomic mass is 10.2. The topological polar surface area (TPSA) is 41.3 Å². The number of fused-ring (bicyclic) bond motifs is 1. The molecule has 0 saturated carbocycles. The van der Waals surface area contributed by atoms with Gasteiger partial charge < -0.3 is 14.6 Å². The highest BCUT2D eigenvalue weighted by molar-refractivity contribution is 6.31. The number of rotatable bonds is 11. The highest BCUT2D eigenvalue weighted by Gasteiger charge is 2.15. The number of hydrogen-bond donors (Lipinski definition) is 1. The first-order chi connectivity index (χ1) is 12.1. The number of halogens is 1. The summed E-state index contributed by atoms with van der Waals surface area (Å²) in [5.74, 6) is 0.728. The Kier molecular flexibility index (Phi) is 8.20. The zero-order valence-corrected chi connectivity index (χ0v) is 16.6. The quantitative estimate of drug-likeness (QED) is 0.606. The van der Waals surface area contributed by atoms with Crippen molar-refractivity contribution in [1.29, 1.82) is 0 Å². The van der Waals surface area contributed by atoms with Crippen LogP contribution < -0.4 is 0 Å². The molecular formula is C20H32ClN3O. The molecule has 0 amide bonds. The fraction of sp³-hybridized carbons (Fsp3) is 0.650. The Morgan fingerprint density at radius 3 is 2.36 bits per heavy atom. The molecule has 2 aromatic rings. The van der Waals surface area contributed by atoms with Crippen LogP contribution in [0.2, 0.25) is 5.02 Å². The van der Waals surface area contributed by atoms with Gasteiger partial charge in [-0.25, -0.2) is 4.98 Å². The average molecular weight is 366 g/mol. The summed E-state index contributed by atoms with van der Waals surface area (Å²) >= 11 is 6.08. The number of benzene rings is 1. The molecule has 1 aromatic carbocycles.